The van der Waals surface area contributed by atoms with Crippen molar-refractivity contribution in [3.8, 4) is 5.75 Å². The number of carbonyl (C=O) groups excluding carboxylic acids is 1. The van der Waals surface area contributed by atoms with E-state index in [9.17, 15) is 9.18 Å². The Hall–Kier alpha value is -4.12. The van der Waals surface area contributed by atoms with Gasteiger partial charge in [0.1, 0.15) is 18.2 Å². The highest BCUT2D eigenvalue weighted by atomic mass is 19.1. The smallest absolute Gasteiger partial charge is 0.249 e. The maximum absolute atomic E-state index is 14.0. The molecule has 5 aromatic rings. The highest BCUT2D eigenvalue weighted by Gasteiger charge is 2.17. The van der Waals surface area contributed by atoms with E-state index in [0.29, 0.717) is 29.5 Å². The van der Waals surface area contributed by atoms with Crippen LogP contribution in [0.3, 0.4) is 0 Å². The molecule has 4 nitrogen and oxygen atoms in total. The molecule has 1 radical (unpaired) electrons. The van der Waals surface area contributed by atoms with Gasteiger partial charge >= 0.3 is 0 Å². The third-order valence-corrected chi connectivity index (χ3v) is 5.52. The average molecular weight is 423 g/mol. The van der Waals surface area contributed by atoms with Gasteiger partial charge in [0.15, 0.2) is 0 Å². The minimum Gasteiger partial charge on any atom is -0.489 e. The van der Waals surface area contributed by atoms with Crippen LogP contribution in [-0.4, -0.2) is 10.5 Å². The third kappa shape index (κ3) is 3.69. The molecule has 0 saturated carbocycles. The van der Waals surface area contributed by atoms with Crippen LogP contribution in [0.4, 0.5) is 4.39 Å². The van der Waals surface area contributed by atoms with Crippen LogP contribution in [0.5, 0.6) is 5.75 Å². The molecule has 5 rings (SSSR count). The van der Waals surface area contributed by atoms with Crippen LogP contribution in [0.1, 0.15) is 21.5 Å². The van der Waals surface area contributed by atoms with Gasteiger partial charge in [-0.1, -0.05) is 48.5 Å². The largest absolute Gasteiger partial charge is 0.489 e. The van der Waals surface area contributed by atoms with Crippen LogP contribution < -0.4 is 10.5 Å². The zero-order chi connectivity index (χ0) is 22.1. The maximum Gasteiger partial charge on any atom is 0.249 e. The van der Waals surface area contributed by atoms with E-state index in [1.165, 1.54) is 6.07 Å². The SMILES string of the molecule is NC(=O)c1cccc2c1c1[c]c(F)ccc1n2Cc1cccc(OCc2ccccc2)c1. The number of hydrogen-bond donors (Lipinski definition) is 1. The van der Waals surface area contributed by atoms with Crippen molar-refractivity contribution in [2.75, 3.05) is 0 Å². The Morgan fingerprint density at radius 1 is 0.906 bits per heavy atom. The molecule has 0 spiro atoms. The molecule has 2 N–H and O–H groups in total. The van der Waals surface area contributed by atoms with Gasteiger partial charge in [-0.2, -0.15) is 0 Å². The van der Waals surface area contributed by atoms with E-state index in [4.69, 9.17) is 10.5 Å². The Balaban J connectivity index is 1.54. The molecular weight excluding hydrogens is 403 g/mol. The van der Waals surface area contributed by atoms with E-state index >= 15 is 0 Å². The lowest BCUT2D eigenvalue weighted by molar-refractivity contribution is 0.100. The molecule has 0 aliphatic heterocycles. The Morgan fingerprint density at radius 2 is 1.69 bits per heavy atom. The zero-order valence-corrected chi connectivity index (χ0v) is 17.2. The van der Waals surface area contributed by atoms with Crippen molar-refractivity contribution in [1.29, 1.82) is 0 Å². The maximum atomic E-state index is 14.0. The Bertz CT molecular complexity index is 1440. The minimum atomic E-state index is -0.552. The first-order valence-electron chi connectivity index (χ1n) is 10.3. The van der Waals surface area contributed by atoms with E-state index in [-0.39, 0.29) is 0 Å². The van der Waals surface area contributed by atoms with Crippen molar-refractivity contribution < 1.29 is 13.9 Å². The second-order valence-corrected chi connectivity index (χ2v) is 7.64. The second kappa shape index (κ2) is 8.19. The molecule has 32 heavy (non-hydrogen) atoms. The lowest BCUT2D eigenvalue weighted by Gasteiger charge is -2.11. The average Bonchev–Trinajstić information content (AvgIpc) is 3.11. The van der Waals surface area contributed by atoms with Gasteiger partial charge in [-0.3, -0.25) is 4.79 Å². The normalized spacial score (nSPS) is 11.2. The number of hydrogen-bond acceptors (Lipinski definition) is 2. The van der Waals surface area contributed by atoms with Gasteiger partial charge < -0.3 is 15.0 Å². The summed E-state index contributed by atoms with van der Waals surface area (Å²) in [6, 6.07) is 29.1. The first-order valence-corrected chi connectivity index (χ1v) is 10.3. The number of carbonyl (C=O) groups is 1. The number of ether oxygens (including phenoxy) is 1. The van der Waals surface area contributed by atoms with Crippen molar-refractivity contribution in [1.82, 2.24) is 4.57 Å². The molecule has 0 fully saturated rings. The highest BCUT2D eigenvalue weighted by molar-refractivity contribution is 6.17. The number of nitrogens with two attached hydrogens (primary N) is 1. The summed E-state index contributed by atoms with van der Waals surface area (Å²) in [7, 11) is 0. The van der Waals surface area contributed by atoms with E-state index < -0.39 is 11.7 Å². The van der Waals surface area contributed by atoms with Gasteiger partial charge in [0.05, 0.1) is 11.0 Å². The number of benzene rings is 4. The number of rotatable bonds is 6. The zero-order valence-electron chi connectivity index (χ0n) is 17.2. The first-order chi connectivity index (χ1) is 15.6. The molecular formula is C27H20FN2O2. The summed E-state index contributed by atoms with van der Waals surface area (Å²) in [4.78, 5) is 12.0. The minimum absolute atomic E-state index is 0.355. The molecule has 0 aliphatic rings. The molecule has 0 bridgehead atoms. The summed E-state index contributed by atoms with van der Waals surface area (Å²) in [5.41, 5.74) is 9.65. The van der Waals surface area contributed by atoms with Gasteiger partial charge in [-0.15, -0.1) is 0 Å². The van der Waals surface area contributed by atoms with Crippen LogP contribution in [0.15, 0.2) is 84.9 Å². The highest BCUT2D eigenvalue weighted by Crippen LogP contribution is 2.32. The summed E-state index contributed by atoms with van der Waals surface area (Å²) < 4.78 is 22.0. The van der Waals surface area contributed by atoms with Gasteiger partial charge in [0.2, 0.25) is 5.91 Å². The van der Waals surface area contributed by atoms with Crippen LogP contribution in [0, 0.1) is 11.9 Å². The fraction of sp³-hybridized carbons (Fsp3) is 0.0741. The first kappa shape index (κ1) is 19.8. The van der Waals surface area contributed by atoms with Crippen molar-refractivity contribution in [2.24, 2.45) is 5.73 Å². The predicted molar refractivity (Wildman–Crippen MR) is 123 cm³/mol. The third-order valence-electron chi connectivity index (χ3n) is 5.52. The fourth-order valence-electron chi connectivity index (χ4n) is 4.07. The molecule has 0 unspecified atom stereocenters. The molecule has 1 heterocycles. The number of halogens is 1. The molecule has 1 amide bonds. The predicted octanol–water partition coefficient (Wildman–Crippen LogP) is 5.46. The standard InChI is InChI=1S/C27H20FN2O2/c28-20-12-13-24-23(15-20)26-22(27(29)31)10-5-11-25(26)30(24)16-19-8-4-9-21(14-19)32-17-18-6-2-1-3-7-18/h1-14H,16-17H2,(H2,29,31). The topological polar surface area (TPSA) is 57.2 Å². The number of nitrogens with zero attached hydrogens (tertiary/aromatic N) is 1. The van der Waals surface area contributed by atoms with Crippen LogP contribution in [-0.2, 0) is 13.2 Å². The molecule has 5 heteroatoms. The van der Waals surface area contributed by atoms with E-state index in [0.717, 1.165) is 27.9 Å². The Labute approximate surface area is 184 Å². The van der Waals surface area contributed by atoms with Gasteiger partial charge in [-0.25, -0.2) is 4.39 Å². The lowest BCUT2D eigenvalue weighted by atomic mass is 10.1. The summed E-state index contributed by atoms with van der Waals surface area (Å²) in [6.45, 7) is 1.00. The van der Waals surface area contributed by atoms with E-state index in [1.807, 2.05) is 65.2 Å². The Kier molecular flexibility index (Phi) is 5.07. The van der Waals surface area contributed by atoms with Crippen LogP contribution >= 0.6 is 0 Å². The van der Waals surface area contributed by atoms with Gasteiger partial charge in [0, 0.05) is 28.9 Å². The second-order valence-electron chi connectivity index (χ2n) is 7.64. The summed E-state index contributed by atoms with van der Waals surface area (Å²) in [6.07, 6.45) is 0. The van der Waals surface area contributed by atoms with Crippen molar-refractivity contribution in [2.45, 2.75) is 13.2 Å². The molecule has 0 atom stereocenters. The number of fused-ring (bicyclic) bond motifs is 3. The molecule has 1 aromatic heterocycles. The molecule has 0 saturated heterocycles. The molecule has 4 aromatic carbocycles. The molecule has 0 aliphatic carbocycles. The van der Waals surface area contributed by atoms with Crippen molar-refractivity contribution in [3.63, 3.8) is 0 Å². The molecule has 157 valence electrons. The van der Waals surface area contributed by atoms with Gasteiger partial charge in [-0.05, 0) is 47.5 Å². The summed E-state index contributed by atoms with van der Waals surface area (Å²) in [5, 5.41) is 1.16. The summed E-state index contributed by atoms with van der Waals surface area (Å²) >= 11 is 0. The number of primary amides is 1. The van der Waals surface area contributed by atoms with E-state index in [2.05, 4.69) is 6.07 Å². The monoisotopic (exact) mass is 423 g/mol. The Morgan fingerprint density at radius 3 is 2.50 bits per heavy atom. The quantitative estimate of drug-likeness (QED) is 0.394. The lowest BCUT2D eigenvalue weighted by Crippen LogP contribution is -2.11. The number of amides is 1. The van der Waals surface area contributed by atoms with Crippen molar-refractivity contribution in [3.05, 3.63) is 114 Å². The van der Waals surface area contributed by atoms with E-state index in [1.54, 1.807) is 18.2 Å². The number of aromatic nitrogens is 1. The fourth-order valence-corrected chi connectivity index (χ4v) is 4.07. The van der Waals surface area contributed by atoms with Crippen LogP contribution in [0.25, 0.3) is 21.8 Å². The summed E-state index contributed by atoms with van der Waals surface area (Å²) in [5.74, 6) is -0.265. The van der Waals surface area contributed by atoms with Crippen molar-refractivity contribution >= 4 is 27.7 Å². The van der Waals surface area contributed by atoms with Crippen LogP contribution in [0.2, 0.25) is 0 Å². The van der Waals surface area contributed by atoms with Gasteiger partial charge in [0.25, 0.3) is 0 Å².